The first kappa shape index (κ1) is 13.0. The van der Waals surface area contributed by atoms with Gasteiger partial charge in [-0.25, -0.2) is 0 Å². The van der Waals surface area contributed by atoms with Crippen LogP contribution in [0.1, 0.15) is 34.6 Å². The number of carbonyl (C=O) groups excluding carboxylic acids is 1. The van der Waals surface area contributed by atoms with E-state index in [0.717, 1.165) is 5.56 Å². The Morgan fingerprint density at radius 1 is 1.16 bits per heavy atom. The molecular weight excluding hydrogens is 240 g/mol. The van der Waals surface area contributed by atoms with E-state index in [1.54, 1.807) is 12.1 Å². The quantitative estimate of drug-likeness (QED) is 0.877. The molecular formula is C14H16N4O. The van der Waals surface area contributed by atoms with E-state index in [2.05, 4.69) is 46.7 Å². The van der Waals surface area contributed by atoms with Crippen LogP contribution in [-0.4, -0.2) is 16.1 Å². The van der Waals surface area contributed by atoms with Crippen LogP contribution in [-0.2, 0) is 0 Å². The molecule has 0 saturated carbocycles. The normalized spacial score (nSPS) is 11.9. The lowest BCUT2D eigenvalue weighted by Crippen LogP contribution is -2.15. The molecule has 0 radical (unpaired) electrons. The summed E-state index contributed by atoms with van der Waals surface area (Å²) in [6, 6.07) is 11.6. The molecule has 0 spiro atoms. The SMILES string of the molecule is Cc1ccc(C(C)Nc2ccc(C(N)=O)nn2)cc1. The molecule has 0 aliphatic heterocycles. The predicted molar refractivity (Wildman–Crippen MR) is 73.8 cm³/mol. The Morgan fingerprint density at radius 3 is 2.37 bits per heavy atom. The van der Waals surface area contributed by atoms with Gasteiger partial charge in [-0.3, -0.25) is 4.79 Å². The first-order chi connectivity index (χ1) is 9.06. The van der Waals surface area contributed by atoms with Crippen molar-refractivity contribution in [3.8, 4) is 0 Å². The van der Waals surface area contributed by atoms with Gasteiger partial charge in [0.05, 0.1) is 0 Å². The van der Waals surface area contributed by atoms with E-state index >= 15 is 0 Å². The fourth-order valence-electron chi connectivity index (χ4n) is 1.70. The van der Waals surface area contributed by atoms with Gasteiger partial charge in [0.25, 0.3) is 5.91 Å². The monoisotopic (exact) mass is 256 g/mol. The lowest BCUT2D eigenvalue weighted by atomic mass is 10.1. The van der Waals surface area contributed by atoms with Crippen LogP contribution < -0.4 is 11.1 Å². The van der Waals surface area contributed by atoms with Gasteiger partial charge in [-0.15, -0.1) is 10.2 Å². The van der Waals surface area contributed by atoms with E-state index in [9.17, 15) is 4.79 Å². The maximum atomic E-state index is 10.9. The molecule has 0 aliphatic carbocycles. The second-order valence-electron chi connectivity index (χ2n) is 4.44. The van der Waals surface area contributed by atoms with Crippen molar-refractivity contribution in [2.75, 3.05) is 5.32 Å². The number of anilines is 1. The molecule has 1 atom stereocenters. The van der Waals surface area contributed by atoms with Crippen molar-refractivity contribution >= 4 is 11.7 Å². The van der Waals surface area contributed by atoms with Gasteiger partial charge in [-0.05, 0) is 31.5 Å². The number of amides is 1. The van der Waals surface area contributed by atoms with Gasteiger partial charge in [-0.2, -0.15) is 0 Å². The first-order valence-corrected chi connectivity index (χ1v) is 6.03. The van der Waals surface area contributed by atoms with E-state index < -0.39 is 5.91 Å². The Bertz CT molecular complexity index is 563. The third-order valence-electron chi connectivity index (χ3n) is 2.86. The number of nitrogens with one attached hydrogen (secondary N) is 1. The smallest absolute Gasteiger partial charge is 0.269 e. The van der Waals surface area contributed by atoms with Crippen LogP contribution in [0.4, 0.5) is 5.82 Å². The average Bonchev–Trinajstić information content (AvgIpc) is 2.40. The summed E-state index contributed by atoms with van der Waals surface area (Å²) >= 11 is 0. The maximum absolute atomic E-state index is 10.9. The summed E-state index contributed by atoms with van der Waals surface area (Å²) in [5.41, 5.74) is 7.65. The molecule has 3 N–H and O–H groups in total. The standard InChI is InChI=1S/C14H16N4O/c1-9-3-5-11(6-4-9)10(2)16-13-8-7-12(14(15)19)17-18-13/h3-8,10H,1-2H3,(H2,15,19)(H,16,18). The van der Waals surface area contributed by atoms with Gasteiger partial charge in [0, 0.05) is 6.04 Å². The van der Waals surface area contributed by atoms with Gasteiger partial charge < -0.3 is 11.1 Å². The lowest BCUT2D eigenvalue weighted by molar-refractivity contribution is 0.0994. The van der Waals surface area contributed by atoms with Gasteiger partial charge in [0.2, 0.25) is 0 Å². The van der Waals surface area contributed by atoms with Crippen molar-refractivity contribution in [3.05, 3.63) is 53.2 Å². The number of hydrogen-bond donors (Lipinski definition) is 2. The molecule has 2 rings (SSSR count). The zero-order valence-electron chi connectivity index (χ0n) is 10.9. The summed E-state index contributed by atoms with van der Waals surface area (Å²) in [5, 5.41) is 10.9. The number of aromatic nitrogens is 2. The number of rotatable bonds is 4. The molecule has 1 amide bonds. The van der Waals surface area contributed by atoms with E-state index in [1.807, 2.05) is 6.92 Å². The number of nitrogens with two attached hydrogens (primary N) is 1. The average molecular weight is 256 g/mol. The molecule has 0 fully saturated rings. The second-order valence-corrected chi connectivity index (χ2v) is 4.44. The van der Waals surface area contributed by atoms with Crippen molar-refractivity contribution in [1.82, 2.24) is 10.2 Å². The van der Waals surface area contributed by atoms with Crippen LogP contribution in [0.25, 0.3) is 0 Å². The summed E-state index contributed by atoms with van der Waals surface area (Å²) in [7, 11) is 0. The maximum Gasteiger partial charge on any atom is 0.269 e. The summed E-state index contributed by atoms with van der Waals surface area (Å²) in [6.45, 7) is 4.09. The van der Waals surface area contributed by atoms with E-state index in [1.165, 1.54) is 5.56 Å². The second kappa shape index (κ2) is 5.48. The van der Waals surface area contributed by atoms with Crippen LogP contribution in [0, 0.1) is 6.92 Å². The highest BCUT2D eigenvalue weighted by Gasteiger charge is 2.07. The lowest BCUT2D eigenvalue weighted by Gasteiger charge is -2.14. The summed E-state index contributed by atoms with van der Waals surface area (Å²) in [4.78, 5) is 10.9. The molecule has 0 saturated heterocycles. The number of aryl methyl sites for hydroxylation is 1. The fourth-order valence-corrected chi connectivity index (χ4v) is 1.70. The zero-order chi connectivity index (χ0) is 13.8. The molecule has 5 nitrogen and oxygen atoms in total. The van der Waals surface area contributed by atoms with Gasteiger partial charge in [-0.1, -0.05) is 29.8 Å². The van der Waals surface area contributed by atoms with Crippen LogP contribution >= 0.6 is 0 Å². The number of nitrogens with zero attached hydrogens (tertiary/aromatic N) is 2. The van der Waals surface area contributed by atoms with Crippen molar-refractivity contribution in [2.45, 2.75) is 19.9 Å². The molecule has 1 aromatic carbocycles. The van der Waals surface area contributed by atoms with Crippen LogP contribution in [0.3, 0.4) is 0 Å². The summed E-state index contributed by atoms with van der Waals surface area (Å²) < 4.78 is 0. The molecule has 5 heteroatoms. The van der Waals surface area contributed by atoms with Crippen molar-refractivity contribution < 1.29 is 4.79 Å². The molecule has 2 aromatic rings. The minimum atomic E-state index is -0.578. The number of primary amides is 1. The largest absolute Gasteiger partial charge is 0.364 e. The Balaban J connectivity index is 2.08. The molecule has 19 heavy (non-hydrogen) atoms. The summed E-state index contributed by atoms with van der Waals surface area (Å²) in [6.07, 6.45) is 0. The number of hydrogen-bond acceptors (Lipinski definition) is 4. The van der Waals surface area contributed by atoms with Crippen molar-refractivity contribution in [2.24, 2.45) is 5.73 Å². The third-order valence-corrected chi connectivity index (χ3v) is 2.86. The van der Waals surface area contributed by atoms with Crippen molar-refractivity contribution in [3.63, 3.8) is 0 Å². The minimum absolute atomic E-state index is 0.106. The van der Waals surface area contributed by atoms with Crippen LogP contribution in [0.15, 0.2) is 36.4 Å². The topological polar surface area (TPSA) is 80.9 Å². The van der Waals surface area contributed by atoms with Gasteiger partial charge in [0.15, 0.2) is 5.69 Å². The molecule has 98 valence electrons. The fraction of sp³-hybridized carbons (Fsp3) is 0.214. The molecule has 0 aliphatic rings. The Labute approximate surface area is 111 Å². The summed E-state index contributed by atoms with van der Waals surface area (Å²) in [5.74, 6) is 0.0312. The van der Waals surface area contributed by atoms with Gasteiger partial charge >= 0.3 is 0 Å². The molecule has 0 bridgehead atoms. The highest BCUT2D eigenvalue weighted by molar-refractivity contribution is 5.90. The van der Waals surface area contributed by atoms with Crippen LogP contribution in [0.5, 0.6) is 0 Å². The highest BCUT2D eigenvalue weighted by atomic mass is 16.1. The predicted octanol–water partition coefficient (Wildman–Crippen LogP) is 2.06. The Hall–Kier alpha value is -2.43. The molecule has 1 heterocycles. The third kappa shape index (κ3) is 3.28. The highest BCUT2D eigenvalue weighted by Crippen LogP contribution is 2.17. The Kier molecular flexibility index (Phi) is 3.75. The van der Waals surface area contributed by atoms with E-state index in [0.29, 0.717) is 5.82 Å². The molecule has 1 unspecified atom stereocenters. The number of benzene rings is 1. The Morgan fingerprint density at radius 2 is 1.84 bits per heavy atom. The first-order valence-electron chi connectivity index (χ1n) is 6.03. The zero-order valence-corrected chi connectivity index (χ0v) is 10.9. The van der Waals surface area contributed by atoms with E-state index in [4.69, 9.17) is 5.73 Å². The molecule has 1 aromatic heterocycles. The number of carbonyl (C=O) groups is 1. The minimum Gasteiger partial charge on any atom is -0.364 e. The van der Waals surface area contributed by atoms with Crippen molar-refractivity contribution in [1.29, 1.82) is 0 Å². The van der Waals surface area contributed by atoms with E-state index in [-0.39, 0.29) is 11.7 Å². The van der Waals surface area contributed by atoms with Crippen LogP contribution in [0.2, 0.25) is 0 Å². The van der Waals surface area contributed by atoms with Gasteiger partial charge in [0.1, 0.15) is 5.82 Å².